The number of benzene rings is 1. The Labute approximate surface area is 106 Å². The van der Waals surface area contributed by atoms with Gasteiger partial charge in [-0.3, -0.25) is 4.55 Å². The number of hydrogen-bond acceptors (Lipinski definition) is 4. The van der Waals surface area contributed by atoms with E-state index in [1.54, 1.807) is 0 Å². The standard InChI is InChI=1S/C11H16O4S2/c1-10-4-2-3-5-11(10)15-6-7-16-8-9-17(12,13)14/h2-5H,6-9H2,1H3,(H,12,13,14). The lowest BCUT2D eigenvalue weighted by molar-refractivity contribution is 0.341. The van der Waals surface area contributed by atoms with Gasteiger partial charge in [-0.05, 0) is 18.6 Å². The summed E-state index contributed by atoms with van der Waals surface area (Å²) in [6.45, 7) is 2.50. The summed E-state index contributed by atoms with van der Waals surface area (Å²) in [5.74, 6) is 1.73. The lowest BCUT2D eigenvalue weighted by atomic mass is 10.2. The summed E-state index contributed by atoms with van der Waals surface area (Å²) in [4.78, 5) is 0. The monoisotopic (exact) mass is 276 g/mol. The lowest BCUT2D eigenvalue weighted by Gasteiger charge is -2.08. The molecule has 0 saturated carbocycles. The Morgan fingerprint density at radius 2 is 2.00 bits per heavy atom. The van der Waals surface area contributed by atoms with E-state index in [2.05, 4.69) is 0 Å². The third kappa shape index (κ3) is 6.55. The predicted octanol–water partition coefficient (Wildman–Crippen LogP) is 1.99. The van der Waals surface area contributed by atoms with Crippen LogP contribution in [0.2, 0.25) is 0 Å². The highest BCUT2D eigenvalue weighted by Gasteiger charge is 2.03. The fourth-order valence-electron chi connectivity index (χ4n) is 1.20. The second kappa shape index (κ2) is 6.88. The molecule has 0 aliphatic rings. The van der Waals surface area contributed by atoms with Crippen molar-refractivity contribution in [1.82, 2.24) is 0 Å². The minimum atomic E-state index is -3.83. The molecule has 4 nitrogen and oxygen atoms in total. The molecule has 0 heterocycles. The van der Waals surface area contributed by atoms with E-state index in [1.165, 1.54) is 11.8 Å². The van der Waals surface area contributed by atoms with Crippen LogP contribution in [-0.2, 0) is 10.1 Å². The summed E-state index contributed by atoms with van der Waals surface area (Å²) in [5.41, 5.74) is 1.08. The van der Waals surface area contributed by atoms with E-state index in [0.29, 0.717) is 18.1 Å². The van der Waals surface area contributed by atoms with Gasteiger partial charge in [-0.2, -0.15) is 20.2 Å². The molecule has 1 N–H and O–H groups in total. The highest BCUT2D eigenvalue weighted by Crippen LogP contribution is 2.16. The van der Waals surface area contributed by atoms with Gasteiger partial charge < -0.3 is 4.74 Å². The van der Waals surface area contributed by atoms with Crippen molar-refractivity contribution in [2.24, 2.45) is 0 Å². The molecule has 17 heavy (non-hydrogen) atoms. The first-order valence-corrected chi connectivity index (χ1v) is 7.97. The quantitative estimate of drug-likeness (QED) is 0.609. The largest absolute Gasteiger partial charge is 0.492 e. The van der Waals surface area contributed by atoms with Crippen molar-refractivity contribution >= 4 is 21.9 Å². The summed E-state index contributed by atoms with van der Waals surface area (Å²) in [5, 5.41) is 0. The summed E-state index contributed by atoms with van der Waals surface area (Å²) in [6.07, 6.45) is 0. The molecule has 0 unspecified atom stereocenters. The highest BCUT2D eigenvalue weighted by molar-refractivity contribution is 8.00. The van der Waals surface area contributed by atoms with Crippen molar-refractivity contribution in [3.05, 3.63) is 29.8 Å². The van der Waals surface area contributed by atoms with Crippen molar-refractivity contribution < 1.29 is 17.7 Å². The topological polar surface area (TPSA) is 63.6 Å². The number of ether oxygens (including phenoxy) is 1. The van der Waals surface area contributed by atoms with Crippen LogP contribution in [-0.4, -0.2) is 36.8 Å². The smallest absolute Gasteiger partial charge is 0.265 e. The molecule has 0 atom stereocenters. The van der Waals surface area contributed by atoms with Crippen LogP contribution in [0, 0.1) is 6.92 Å². The molecule has 0 saturated heterocycles. The maximum Gasteiger partial charge on any atom is 0.265 e. The Kier molecular flexibility index (Phi) is 5.80. The molecule has 1 aromatic rings. The summed E-state index contributed by atoms with van der Waals surface area (Å²) in [7, 11) is -3.83. The van der Waals surface area contributed by atoms with Crippen molar-refractivity contribution in [3.63, 3.8) is 0 Å². The van der Waals surface area contributed by atoms with Crippen molar-refractivity contribution in [2.45, 2.75) is 6.92 Å². The minimum Gasteiger partial charge on any atom is -0.492 e. The van der Waals surface area contributed by atoms with Crippen LogP contribution in [0.5, 0.6) is 5.75 Å². The molecular formula is C11H16O4S2. The molecule has 0 bridgehead atoms. The zero-order chi connectivity index (χ0) is 12.7. The molecule has 0 aromatic heterocycles. The van der Waals surface area contributed by atoms with Gasteiger partial charge in [0.25, 0.3) is 10.1 Å². The van der Waals surface area contributed by atoms with E-state index < -0.39 is 10.1 Å². The third-order valence-corrected chi connectivity index (χ3v) is 3.99. The van der Waals surface area contributed by atoms with Gasteiger partial charge in [0.1, 0.15) is 5.75 Å². The maximum absolute atomic E-state index is 10.4. The van der Waals surface area contributed by atoms with Crippen LogP contribution in [0.4, 0.5) is 0 Å². The van der Waals surface area contributed by atoms with Crippen LogP contribution in [0.25, 0.3) is 0 Å². The van der Waals surface area contributed by atoms with E-state index in [9.17, 15) is 8.42 Å². The second-order valence-electron chi connectivity index (χ2n) is 3.51. The molecule has 96 valence electrons. The van der Waals surface area contributed by atoms with Gasteiger partial charge in [-0.15, -0.1) is 0 Å². The SMILES string of the molecule is Cc1ccccc1OCCSCCS(=O)(=O)O. The van der Waals surface area contributed by atoms with E-state index in [-0.39, 0.29) is 5.75 Å². The van der Waals surface area contributed by atoms with Crippen molar-refractivity contribution in [1.29, 1.82) is 0 Å². The van der Waals surface area contributed by atoms with Crippen LogP contribution < -0.4 is 4.74 Å². The first-order valence-electron chi connectivity index (χ1n) is 5.20. The van der Waals surface area contributed by atoms with E-state index in [1.807, 2.05) is 31.2 Å². The Hall–Kier alpha value is -0.720. The Bertz CT molecular complexity index is 443. The van der Waals surface area contributed by atoms with Crippen molar-refractivity contribution in [3.8, 4) is 5.75 Å². The van der Waals surface area contributed by atoms with Gasteiger partial charge in [-0.25, -0.2) is 0 Å². The first kappa shape index (κ1) is 14.3. The van der Waals surface area contributed by atoms with Gasteiger partial charge in [-0.1, -0.05) is 18.2 Å². The van der Waals surface area contributed by atoms with Crippen LogP contribution in [0.1, 0.15) is 5.56 Å². The first-order chi connectivity index (χ1) is 7.99. The number of rotatable bonds is 7. The fraction of sp³-hybridized carbons (Fsp3) is 0.455. The summed E-state index contributed by atoms with van der Waals surface area (Å²) >= 11 is 1.44. The molecule has 0 spiro atoms. The molecule has 6 heteroatoms. The molecule has 0 amide bonds. The third-order valence-electron chi connectivity index (χ3n) is 2.06. The van der Waals surface area contributed by atoms with Gasteiger partial charge >= 0.3 is 0 Å². The zero-order valence-electron chi connectivity index (χ0n) is 9.63. The Balaban J connectivity index is 2.15. The number of thioether (sulfide) groups is 1. The minimum absolute atomic E-state index is 0.206. The van der Waals surface area contributed by atoms with E-state index in [4.69, 9.17) is 9.29 Å². The van der Waals surface area contributed by atoms with Crippen LogP contribution in [0.15, 0.2) is 24.3 Å². The maximum atomic E-state index is 10.4. The highest BCUT2D eigenvalue weighted by atomic mass is 32.2. The molecule has 1 rings (SSSR count). The van der Waals surface area contributed by atoms with Gasteiger partial charge in [0.15, 0.2) is 0 Å². The Morgan fingerprint density at radius 3 is 2.65 bits per heavy atom. The van der Waals surface area contributed by atoms with Crippen molar-refractivity contribution in [2.75, 3.05) is 23.9 Å². The normalized spacial score (nSPS) is 11.4. The molecule has 0 aliphatic carbocycles. The number of para-hydroxylation sites is 1. The average Bonchev–Trinajstić information content (AvgIpc) is 2.24. The Morgan fingerprint density at radius 1 is 1.29 bits per heavy atom. The molecule has 1 aromatic carbocycles. The van der Waals surface area contributed by atoms with Gasteiger partial charge in [0, 0.05) is 11.5 Å². The molecule has 0 radical (unpaired) electrons. The van der Waals surface area contributed by atoms with Crippen LogP contribution >= 0.6 is 11.8 Å². The zero-order valence-corrected chi connectivity index (χ0v) is 11.3. The summed E-state index contributed by atoms with van der Waals surface area (Å²) in [6, 6.07) is 7.73. The van der Waals surface area contributed by atoms with E-state index >= 15 is 0 Å². The molecular weight excluding hydrogens is 260 g/mol. The lowest BCUT2D eigenvalue weighted by Crippen LogP contribution is -2.08. The number of hydrogen-bond donors (Lipinski definition) is 1. The fourth-order valence-corrected chi connectivity index (χ4v) is 2.91. The summed E-state index contributed by atoms with van der Waals surface area (Å²) < 4.78 is 34.9. The van der Waals surface area contributed by atoms with Gasteiger partial charge in [0.05, 0.1) is 12.4 Å². The number of aryl methyl sites for hydroxylation is 1. The molecule has 0 aliphatic heterocycles. The van der Waals surface area contributed by atoms with Gasteiger partial charge in [0.2, 0.25) is 0 Å². The van der Waals surface area contributed by atoms with E-state index in [0.717, 1.165) is 11.3 Å². The van der Waals surface area contributed by atoms with Crippen LogP contribution in [0.3, 0.4) is 0 Å². The second-order valence-corrected chi connectivity index (χ2v) is 6.31. The molecule has 0 fully saturated rings. The predicted molar refractivity (Wildman–Crippen MR) is 70.4 cm³/mol. The average molecular weight is 276 g/mol.